The molecule has 0 spiro atoms. The Hall–Kier alpha value is -2.73. The van der Waals surface area contributed by atoms with Crippen LogP contribution in [0.25, 0.3) is 11.1 Å². The lowest BCUT2D eigenvalue weighted by atomic mass is 10.2. The molecule has 22 heavy (non-hydrogen) atoms. The molecule has 1 aromatic carbocycles. The molecule has 0 heterocycles. The van der Waals surface area contributed by atoms with Crippen LogP contribution in [0.3, 0.4) is 0 Å². The van der Waals surface area contributed by atoms with Gasteiger partial charge in [-0.1, -0.05) is 42.5 Å². The minimum atomic E-state index is -1.72. The standard InChI is InChI=1S/C16H12N2O3S/c17-13-10-11-6-2-1-3-7-12(11)16(13)22(21)15-9-5-4-8-14(15)18(19)20/h1-10H,17H2. The van der Waals surface area contributed by atoms with E-state index in [-0.39, 0.29) is 10.6 Å². The first kappa shape index (κ1) is 14.2. The Morgan fingerprint density at radius 2 is 1.68 bits per heavy atom. The highest BCUT2D eigenvalue weighted by Crippen LogP contribution is 2.39. The third kappa shape index (κ3) is 2.33. The maximum atomic E-state index is 12.9. The Bertz CT molecular complexity index is 864. The Balaban J connectivity index is 2.20. The predicted octanol–water partition coefficient (Wildman–Crippen LogP) is 3.45. The van der Waals surface area contributed by atoms with Crippen LogP contribution in [0.2, 0.25) is 0 Å². The second-order valence-electron chi connectivity index (χ2n) is 4.70. The average molecular weight is 312 g/mol. The molecule has 0 radical (unpaired) electrons. The van der Waals surface area contributed by atoms with Gasteiger partial charge in [0.1, 0.15) is 4.90 Å². The van der Waals surface area contributed by atoms with Crippen molar-refractivity contribution in [2.24, 2.45) is 0 Å². The van der Waals surface area contributed by atoms with Gasteiger partial charge in [-0.3, -0.25) is 10.1 Å². The quantitative estimate of drug-likeness (QED) is 0.593. The van der Waals surface area contributed by atoms with Gasteiger partial charge < -0.3 is 5.73 Å². The Morgan fingerprint density at radius 1 is 1.00 bits per heavy atom. The number of nitrogens with two attached hydrogens (primary N) is 1. The molecule has 5 nitrogen and oxygen atoms in total. The second kappa shape index (κ2) is 5.57. The van der Waals surface area contributed by atoms with Gasteiger partial charge in [0.2, 0.25) is 0 Å². The molecule has 110 valence electrons. The van der Waals surface area contributed by atoms with E-state index in [0.717, 1.165) is 11.1 Å². The summed E-state index contributed by atoms with van der Waals surface area (Å²) in [6, 6.07) is 17.0. The highest BCUT2D eigenvalue weighted by Gasteiger charge is 2.25. The van der Waals surface area contributed by atoms with Gasteiger partial charge in [-0.2, -0.15) is 0 Å². The summed E-state index contributed by atoms with van der Waals surface area (Å²) >= 11 is 0. The summed E-state index contributed by atoms with van der Waals surface area (Å²) in [6.07, 6.45) is 0. The van der Waals surface area contributed by atoms with E-state index in [4.69, 9.17) is 5.73 Å². The monoisotopic (exact) mass is 312 g/mol. The summed E-state index contributed by atoms with van der Waals surface area (Å²) in [5, 5.41) is 11.1. The number of fused-ring (bicyclic) bond motifs is 1. The molecule has 0 saturated heterocycles. The third-order valence-electron chi connectivity index (χ3n) is 3.34. The van der Waals surface area contributed by atoms with Crippen LogP contribution in [-0.2, 0) is 10.8 Å². The highest BCUT2D eigenvalue weighted by atomic mass is 32.2. The van der Waals surface area contributed by atoms with Gasteiger partial charge in [-0.25, -0.2) is 4.21 Å². The molecule has 0 fully saturated rings. The minimum absolute atomic E-state index is 0.151. The molecular formula is C16H12N2O3S. The molecule has 0 amide bonds. The van der Waals surface area contributed by atoms with Crippen molar-refractivity contribution in [1.82, 2.24) is 0 Å². The summed E-state index contributed by atoms with van der Waals surface area (Å²) in [6.45, 7) is 0. The summed E-state index contributed by atoms with van der Waals surface area (Å²) in [5.41, 5.74) is 7.78. The number of hydrogen-bond acceptors (Lipinski definition) is 4. The van der Waals surface area contributed by atoms with Crippen LogP contribution >= 0.6 is 0 Å². The van der Waals surface area contributed by atoms with Gasteiger partial charge in [-0.15, -0.1) is 0 Å². The lowest BCUT2D eigenvalue weighted by Crippen LogP contribution is -2.01. The fourth-order valence-corrected chi connectivity index (χ4v) is 3.78. The lowest BCUT2D eigenvalue weighted by Gasteiger charge is -2.05. The molecule has 3 rings (SSSR count). The summed E-state index contributed by atoms with van der Waals surface area (Å²) in [5.74, 6) is 0. The second-order valence-corrected chi connectivity index (χ2v) is 6.09. The van der Waals surface area contributed by atoms with Crippen molar-refractivity contribution in [3.05, 3.63) is 70.8 Å². The lowest BCUT2D eigenvalue weighted by molar-refractivity contribution is -0.387. The number of nitrogen functional groups attached to an aromatic ring is 1. The van der Waals surface area contributed by atoms with E-state index >= 15 is 0 Å². The molecule has 1 atom stereocenters. The van der Waals surface area contributed by atoms with Gasteiger partial charge in [0.15, 0.2) is 0 Å². The molecule has 0 aliphatic heterocycles. The number of nitro groups is 1. The SMILES string of the molecule is Nc1cc2cccccc-2c1S(=O)c1ccccc1[N+](=O)[O-]. The number of hydrogen-bond donors (Lipinski definition) is 1. The van der Waals surface area contributed by atoms with E-state index in [9.17, 15) is 14.3 Å². The molecule has 2 N–H and O–H groups in total. The fraction of sp³-hybridized carbons (Fsp3) is 0. The van der Waals surface area contributed by atoms with Crippen LogP contribution in [0.4, 0.5) is 11.4 Å². The van der Waals surface area contributed by atoms with E-state index < -0.39 is 15.7 Å². The number of anilines is 1. The summed E-state index contributed by atoms with van der Waals surface area (Å²) in [7, 11) is -1.72. The van der Waals surface area contributed by atoms with Crippen LogP contribution in [0, 0.1) is 10.1 Å². The molecular weight excluding hydrogens is 300 g/mol. The predicted molar refractivity (Wildman–Crippen MR) is 85.2 cm³/mol. The molecule has 2 aliphatic rings. The van der Waals surface area contributed by atoms with Gasteiger partial charge >= 0.3 is 0 Å². The van der Waals surface area contributed by atoms with Crippen molar-refractivity contribution in [3.8, 4) is 11.1 Å². The normalized spacial score (nSPS) is 12.2. The number of rotatable bonds is 3. The number of benzene rings is 1. The average Bonchev–Trinajstić information content (AvgIpc) is 2.67. The minimum Gasteiger partial charge on any atom is -0.398 e. The van der Waals surface area contributed by atoms with E-state index in [2.05, 4.69) is 0 Å². The molecule has 0 saturated carbocycles. The summed E-state index contributed by atoms with van der Waals surface area (Å²) in [4.78, 5) is 11.2. The third-order valence-corrected chi connectivity index (χ3v) is 4.91. The van der Waals surface area contributed by atoms with Crippen LogP contribution in [-0.4, -0.2) is 9.13 Å². The Labute approximate surface area is 129 Å². The van der Waals surface area contributed by atoms with E-state index in [1.54, 1.807) is 18.2 Å². The van der Waals surface area contributed by atoms with Gasteiger partial charge in [-0.05, 0) is 17.7 Å². The maximum absolute atomic E-state index is 12.9. The van der Waals surface area contributed by atoms with Crippen molar-refractivity contribution >= 4 is 22.2 Å². The molecule has 2 aliphatic carbocycles. The first-order chi connectivity index (χ1) is 10.6. The van der Waals surface area contributed by atoms with Gasteiger partial charge in [0.25, 0.3) is 5.69 Å². The maximum Gasteiger partial charge on any atom is 0.285 e. The topological polar surface area (TPSA) is 86.2 Å². The van der Waals surface area contributed by atoms with Crippen molar-refractivity contribution in [3.63, 3.8) is 0 Å². The molecule has 1 aromatic rings. The number of nitro benzene ring substituents is 1. The number of nitrogens with zero attached hydrogens (tertiary/aromatic N) is 1. The largest absolute Gasteiger partial charge is 0.398 e. The fourth-order valence-electron chi connectivity index (χ4n) is 2.36. The Kier molecular flexibility index (Phi) is 3.60. The molecule has 1 unspecified atom stereocenters. The molecule has 6 heteroatoms. The van der Waals surface area contributed by atoms with E-state index in [1.807, 2.05) is 30.3 Å². The zero-order chi connectivity index (χ0) is 15.7. The van der Waals surface area contributed by atoms with Crippen molar-refractivity contribution in [2.75, 3.05) is 5.73 Å². The summed E-state index contributed by atoms with van der Waals surface area (Å²) < 4.78 is 12.9. The molecule has 0 bridgehead atoms. The van der Waals surface area contributed by atoms with Crippen molar-refractivity contribution < 1.29 is 9.13 Å². The van der Waals surface area contributed by atoms with Crippen LogP contribution in [0.15, 0.2) is 70.5 Å². The smallest absolute Gasteiger partial charge is 0.285 e. The zero-order valence-electron chi connectivity index (χ0n) is 11.4. The van der Waals surface area contributed by atoms with Crippen LogP contribution in [0.1, 0.15) is 0 Å². The first-order valence-electron chi connectivity index (χ1n) is 6.52. The Morgan fingerprint density at radius 3 is 2.45 bits per heavy atom. The van der Waals surface area contributed by atoms with E-state index in [1.165, 1.54) is 12.1 Å². The van der Waals surface area contributed by atoms with Crippen LogP contribution in [0.5, 0.6) is 0 Å². The van der Waals surface area contributed by atoms with Gasteiger partial charge in [0.05, 0.1) is 20.6 Å². The highest BCUT2D eigenvalue weighted by molar-refractivity contribution is 7.85. The van der Waals surface area contributed by atoms with Crippen molar-refractivity contribution in [1.29, 1.82) is 0 Å². The first-order valence-corrected chi connectivity index (χ1v) is 7.67. The molecule has 0 aromatic heterocycles. The number of para-hydroxylation sites is 1. The van der Waals surface area contributed by atoms with Crippen molar-refractivity contribution in [2.45, 2.75) is 9.79 Å². The zero-order valence-corrected chi connectivity index (χ0v) is 12.2. The van der Waals surface area contributed by atoms with Gasteiger partial charge in [0, 0.05) is 17.3 Å². The van der Waals surface area contributed by atoms with Crippen LogP contribution < -0.4 is 5.73 Å². The van der Waals surface area contributed by atoms with E-state index in [0.29, 0.717) is 10.6 Å².